The topological polar surface area (TPSA) is 34.1 Å². The monoisotopic (exact) mass is 316 g/mol. The van der Waals surface area contributed by atoms with Crippen LogP contribution in [0.4, 0.5) is 19.0 Å². The lowest BCUT2D eigenvalue weighted by Gasteiger charge is -2.12. The summed E-state index contributed by atoms with van der Waals surface area (Å²) in [6.45, 7) is 0.0814. The highest BCUT2D eigenvalue weighted by Gasteiger charge is 2.31. The van der Waals surface area contributed by atoms with E-state index in [1.807, 2.05) is 0 Å². The Hall–Kier alpha value is -1.95. The number of alkyl halides is 3. The minimum absolute atomic E-state index is 0.0814. The third kappa shape index (κ3) is 4.26. The van der Waals surface area contributed by atoms with Crippen molar-refractivity contribution >= 4 is 17.4 Å². The van der Waals surface area contributed by atoms with E-state index in [-0.39, 0.29) is 18.3 Å². The van der Waals surface area contributed by atoms with Crippen LogP contribution in [0.15, 0.2) is 36.4 Å². The molecule has 112 valence electrons. The van der Waals surface area contributed by atoms with Gasteiger partial charge in [-0.2, -0.15) is 18.2 Å². The number of pyridine rings is 1. The van der Waals surface area contributed by atoms with Crippen molar-refractivity contribution in [2.24, 2.45) is 0 Å². The summed E-state index contributed by atoms with van der Waals surface area (Å²) in [6, 6.07) is 8.66. The van der Waals surface area contributed by atoms with Gasteiger partial charge in [0.15, 0.2) is 0 Å². The third-order valence-electron chi connectivity index (χ3n) is 2.66. The van der Waals surface area contributed by atoms with Crippen LogP contribution < -0.4 is 10.1 Å². The van der Waals surface area contributed by atoms with Gasteiger partial charge in [0.2, 0.25) is 5.88 Å². The van der Waals surface area contributed by atoms with Gasteiger partial charge in [-0.15, -0.1) is 0 Å². The normalized spacial score (nSPS) is 11.3. The van der Waals surface area contributed by atoms with Gasteiger partial charge < -0.3 is 10.1 Å². The first-order valence-corrected chi connectivity index (χ1v) is 6.40. The predicted molar refractivity (Wildman–Crippen MR) is 74.6 cm³/mol. The van der Waals surface area contributed by atoms with E-state index >= 15 is 0 Å². The number of hydrogen-bond acceptors (Lipinski definition) is 3. The molecule has 0 saturated heterocycles. The van der Waals surface area contributed by atoms with Crippen LogP contribution in [0.3, 0.4) is 0 Å². The van der Waals surface area contributed by atoms with Gasteiger partial charge in [-0.25, -0.2) is 0 Å². The molecule has 2 rings (SSSR count). The Balaban J connectivity index is 2.19. The minimum Gasteiger partial charge on any atom is -0.473 e. The molecule has 1 heterocycles. The van der Waals surface area contributed by atoms with Crippen molar-refractivity contribution in [3.05, 3.63) is 52.5 Å². The number of rotatable bonds is 4. The van der Waals surface area contributed by atoms with Gasteiger partial charge in [0.25, 0.3) is 0 Å². The summed E-state index contributed by atoms with van der Waals surface area (Å²) >= 11 is 5.83. The first kappa shape index (κ1) is 15.4. The first-order valence-electron chi connectivity index (χ1n) is 6.03. The van der Waals surface area contributed by atoms with Crippen molar-refractivity contribution in [3.63, 3.8) is 0 Å². The summed E-state index contributed by atoms with van der Waals surface area (Å²) < 4.78 is 43.6. The van der Waals surface area contributed by atoms with Crippen molar-refractivity contribution in [1.82, 2.24) is 4.98 Å². The molecule has 0 atom stereocenters. The fourth-order valence-corrected chi connectivity index (χ4v) is 1.87. The molecule has 0 aliphatic carbocycles. The number of anilines is 1. The zero-order valence-electron chi connectivity index (χ0n) is 11.0. The molecular weight excluding hydrogens is 305 g/mol. The number of nitrogens with one attached hydrogen (secondary N) is 1. The van der Waals surface area contributed by atoms with Crippen LogP contribution in [0.2, 0.25) is 5.02 Å². The maximum absolute atomic E-state index is 12.8. The van der Waals surface area contributed by atoms with Crippen LogP contribution in [-0.4, -0.2) is 12.0 Å². The molecule has 0 radical (unpaired) electrons. The molecule has 0 unspecified atom stereocenters. The fourth-order valence-electron chi connectivity index (χ4n) is 1.65. The average Bonchev–Trinajstić information content (AvgIpc) is 2.44. The van der Waals surface area contributed by atoms with E-state index in [4.69, 9.17) is 16.3 Å². The van der Waals surface area contributed by atoms with Crippen molar-refractivity contribution in [1.29, 1.82) is 0 Å². The van der Waals surface area contributed by atoms with Crippen molar-refractivity contribution < 1.29 is 17.9 Å². The molecule has 21 heavy (non-hydrogen) atoms. The van der Waals surface area contributed by atoms with E-state index in [9.17, 15) is 13.2 Å². The quantitative estimate of drug-likeness (QED) is 0.909. The zero-order valence-corrected chi connectivity index (χ0v) is 11.8. The van der Waals surface area contributed by atoms with Gasteiger partial charge >= 0.3 is 6.18 Å². The summed E-state index contributed by atoms with van der Waals surface area (Å²) in [5.41, 5.74) is -0.0735. The molecule has 0 spiro atoms. The molecule has 0 fully saturated rings. The lowest BCUT2D eigenvalue weighted by Crippen LogP contribution is -2.08. The standard InChI is InChI=1S/C14H12ClF3N2O/c1-19-12-6-10(14(16,17)18)7-13(20-12)21-8-9-3-2-4-11(15)5-9/h2-7H,8H2,1H3,(H,19,20). The van der Waals surface area contributed by atoms with E-state index in [0.29, 0.717) is 5.02 Å². The van der Waals surface area contributed by atoms with Crippen molar-refractivity contribution in [2.45, 2.75) is 12.8 Å². The Morgan fingerprint density at radius 3 is 2.62 bits per heavy atom. The summed E-state index contributed by atoms with van der Waals surface area (Å²) in [7, 11) is 1.49. The van der Waals surface area contributed by atoms with Crippen LogP contribution in [0.5, 0.6) is 5.88 Å². The predicted octanol–water partition coefficient (Wildman–Crippen LogP) is 4.37. The number of nitrogens with zero attached hydrogens (tertiary/aromatic N) is 1. The molecule has 0 amide bonds. The second kappa shape index (κ2) is 6.22. The second-order valence-corrected chi connectivity index (χ2v) is 4.68. The van der Waals surface area contributed by atoms with Gasteiger partial charge in [0.1, 0.15) is 12.4 Å². The lowest BCUT2D eigenvalue weighted by molar-refractivity contribution is -0.137. The summed E-state index contributed by atoms with van der Waals surface area (Å²) in [5, 5.41) is 3.11. The summed E-state index contributed by atoms with van der Waals surface area (Å²) in [6.07, 6.45) is -4.46. The molecule has 1 N–H and O–H groups in total. The van der Waals surface area contributed by atoms with E-state index in [2.05, 4.69) is 10.3 Å². The lowest BCUT2D eigenvalue weighted by atomic mass is 10.2. The van der Waals surface area contributed by atoms with Crippen molar-refractivity contribution in [3.8, 4) is 5.88 Å². The molecule has 7 heteroatoms. The van der Waals surface area contributed by atoms with Gasteiger partial charge in [-0.1, -0.05) is 23.7 Å². The number of aromatic nitrogens is 1. The Morgan fingerprint density at radius 2 is 2.00 bits per heavy atom. The molecule has 3 nitrogen and oxygen atoms in total. The SMILES string of the molecule is CNc1cc(C(F)(F)F)cc(OCc2cccc(Cl)c2)n1. The Morgan fingerprint density at radius 1 is 1.24 bits per heavy atom. The molecule has 1 aromatic carbocycles. The van der Waals surface area contributed by atoms with Crippen LogP contribution in [0.1, 0.15) is 11.1 Å². The van der Waals surface area contributed by atoms with Crippen LogP contribution >= 0.6 is 11.6 Å². The Kier molecular flexibility index (Phi) is 4.57. The molecule has 0 saturated carbocycles. The number of benzene rings is 1. The minimum atomic E-state index is -4.46. The summed E-state index contributed by atoms with van der Waals surface area (Å²) in [4.78, 5) is 3.94. The third-order valence-corrected chi connectivity index (χ3v) is 2.90. The Bertz CT molecular complexity index is 632. The highest BCUT2D eigenvalue weighted by atomic mass is 35.5. The summed E-state index contributed by atoms with van der Waals surface area (Å²) in [5.74, 6) is -0.0138. The van der Waals surface area contributed by atoms with E-state index in [0.717, 1.165) is 17.7 Å². The molecule has 0 bridgehead atoms. The maximum Gasteiger partial charge on any atom is 0.416 e. The highest BCUT2D eigenvalue weighted by molar-refractivity contribution is 6.30. The fraction of sp³-hybridized carbons (Fsp3) is 0.214. The Labute approximate surface area is 124 Å². The molecule has 1 aromatic heterocycles. The van der Waals surface area contributed by atoms with Crippen LogP contribution in [-0.2, 0) is 12.8 Å². The number of ether oxygens (including phenoxy) is 1. The molecule has 0 aliphatic heterocycles. The smallest absolute Gasteiger partial charge is 0.416 e. The first-order chi connectivity index (χ1) is 9.88. The van der Waals surface area contributed by atoms with E-state index in [1.165, 1.54) is 7.05 Å². The van der Waals surface area contributed by atoms with Crippen LogP contribution in [0, 0.1) is 0 Å². The maximum atomic E-state index is 12.8. The van der Waals surface area contributed by atoms with Gasteiger partial charge in [0, 0.05) is 18.1 Å². The second-order valence-electron chi connectivity index (χ2n) is 4.25. The van der Waals surface area contributed by atoms with E-state index in [1.54, 1.807) is 24.3 Å². The largest absolute Gasteiger partial charge is 0.473 e. The number of halogens is 4. The van der Waals surface area contributed by atoms with Gasteiger partial charge in [-0.05, 0) is 23.8 Å². The van der Waals surface area contributed by atoms with Gasteiger partial charge in [0.05, 0.1) is 5.56 Å². The number of hydrogen-bond donors (Lipinski definition) is 1. The molecule has 0 aliphatic rings. The zero-order chi connectivity index (χ0) is 15.5. The highest BCUT2D eigenvalue weighted by Crippen LogP contribution is 2.32. The van der Waals surface area contributed by atoms with Gasteiger partial charge in [-0.3, -0.25) is 0 Å². The van der Waals surface area contributed by atoms with Crippen molar-refractivity contribution in [2.75, 3.05) is 12.4 Å². The van der Waals surface area contributed by atoms with E-state index < -0.39 is 11.7 Å². The van der Waals surface area contributed by atoms with Crippen LogP contribution in [0.25, 0.3) is 0 Å². The molecular formula is C14H12ClF3N2O. The average molecular weight is 317 g/mol. The molecule has 2 aromatic rings.